The lowest BCUT2D eigenvalue weighted by Crippen LogP contribution is -2.45. The number of rotatable bonds is 5. The van der Waals surface area contributed by atoms with Gasteiger partial charge < -0.3 is 4.90 Å². The Morgan fingerprint density at radius 3 is 2.84 bits per heavy atom. The van der Waals surface area contributed by atoms with Crippen molar-refractivity contribution < 1.29 is 0 Å². The summed E-state index contributed by atoms with van der Waals surface area (Å²) in [7, 11) is 0. The second-order valence-electron chi connectivity index (χ2n) is 7.34. The summed E-state index contributed by atoms with van der Waals surface area (Å²) in [4.78, 5) is 7.25. The lowest BCUT2D eigenvalue weighted by atomic mass is 9.96. The Morgan fingerprint density at radius 2 is 2.16 bits per heavy atom. The monoisotopic (exact) mass is 392 g/mol. The van der Waals surface area contributed by atoms with Gasteiger partial charge in [-0.1, -0.05) is 87.7 Å². The van der Waals surface area contributed by atoms with E-state index in [4.69, 9.17) is 17.2 Å². The largest absolute Gasteiger partial charge is 0.306 e. The maximum atomic E-state index is 5.73. The Morgan fingerprint density at radius 1 is 1.44 bits per heavy atom. The summed E-state index contributed by atoms with van der Waals surface area (Å²) in [5.74, 6) is 2.49. The van der Waals surface area contributed by atoms with Crippen molar-refractivity contribution in [3.8, 4) is 0 Å². The third-order valence-corrected chi connectivity index (χ3v) is 6.93. The van der Waals surface area contributed by atoms with Gasteiger partial charge >= 0.3 is 0 Å². The lowest BCUT2D eigenvalue weighted by Gasteiger charge is -2.39. The predicted molar refractivity (Wildman–Crippen MR) is 120 cm³/mol. The molecule has 0 radical (unpaired) electrons. The van der Waals surface area contributed by atoms with Crippen LogP contribution in [0, 0.1) is 5.41 Å². The van der Waals surface area contributed by atoms with Crippen LogP contribution in [0.2, 0.25) is 0 Å². The molecule has 0 aromatic heterocycles. The minimum absolute atomic E-state index is 0.226. The number of nitrogens with zero attached hydrogens (tertiary/aromatic N) is 2. The first-order valence-corrected chi connectivity index (χ1v) is 11.1. The first kappa shape index (κ1) is 20.5. The van der Waals surface area contributed by atoms with E-state index in [0.717, 1.165) is 39.6 Å². The fraction of sp³-hybridized carbons (Fsp3) is 0.500. The van der Waals surface area contributed by atoms with E-state index in [1.54, 1.807) is 11.8 Å². The molecule has 25 heavy (non-hydrogen) atoms. The highest BCUT2D eigenvalue weighted by Gasteiger charge is 2.33. The molecular formula is C20H28N2S3. The number of thioether (sulfide) groups is 2. The molecule has 1 fully saturated rings. The molecule has 0 saturated carbocycles. The topological polar surface area (TPSA) is 15.6 Å². The van der Waals surface area contributed by atoms with Crippen molar-refractivity contribution in [3.05, 3.63) is 42.5 Å². The van der Waals surface area contributed by atoms with Gasteiger partial charge in [0.2, 0.25) is 0 Å². The Kier molecular flexibility index (Phi) is 7.59. The van der Waals surface area contributed by atoms with Crippen molar-refractivity contribution in [1.82, 2.24) is 4.90 Å². The SMILES string of the molecule is C=CCCSC(=S)N1CC(C)(C)CSC1=Nc1ccccc1C(C)C. The van der Waals surface area contributed by atoms with Crippen molar-refractivity contribution in [2.45, 2.75) is 40.0 Å². The van der Waals surface area contributed by atoms with Crippen LogP contribution in [-0.2, 0) is 0 Å². The maximum absolute atomic E-state index is 5.73. The Balaban J connectivity index is 2.29. The van der Waals surface area contributed by atoms with Crippen molar-refractivity contribution in [3.63, 3.8) is 0 Å². The first-order chi connectivity index (χ1) is 11.8. The van der Waals surface area contributed by atoms with E-state index in [1.807, 2.05) is 17.8 Å². The molecule has 1 saturated heterocycles. The van der Waals surface area contributed by atoms with Gasteiger partial charge in [-0.05, 0) is 29.4 Å². The second kappa shape index (κ2) is 9.24. The number of aliphatic imine (C=N–C) groups is 1. The van der Waals surface area contributed by atoms with Gasteiger partial charge in [-0.25, -0.2) is 4.99 Å². The van der Waals surface area contributed by atoms with Gasteiger partial charge in [0.05, 0.1) is 5.69 Å². The minimum atomic E-state index is 0.226. The molecule has 0 aliphatic carbocycles. The highest BCUT2D eigenvalue weighted by Crippen LogP contribution is 2.36. The highest BCUT2D eigenvalue weighted by atomic mass is 32.2. The van der Waals surface area contributed by atoms with Gasteiger partial charge in [0, 0.05) is 18.1 Å². The summed E-state index contributed by atoms with van der Waals surface area (Å²) < 4.78 is 0.919. The Hall–Kier alpha value is -0.780. The smallest absolute Gasteiger partial charge is 0.169 e. The van der Waals surface area contributed by atoms with Crippen molar-refractivity contribution in [1.29, 1.82) is 0 Å². The summed E-state index contributed by atoms with van der Waals surface area (Å²) in [6.07, 6.45) is 2.91. The predicted octanol–water partition coefficient (Wildman–Crippen LogP) is 6.47. The fourth-order valence-corrected chi connectivity index (χ4v) is 4.97. The third-order valence-electron chi connectivity index (χ3n) is 3.95. The average molecular weight is 393 g/mol. The van der Waals surface area contributed by atoms with Gasteiger partial charge in [-0.2, -0.15) is 0 Å². The normalized spacial score (nSPS) is 18.6. The van der Waals surface area contributed by atoms with Crippen LogP contribution < -0.4 is 0 Å². The lowest BCUT2D eigenvalue weighted by molar-refractivity contribution is 0.348. The van der Waals surface area contributed by atoms with Crippen LogP contribution in [-0.4, -0.2) is 32.4 Å². The van der Waals surface area contributed by atoms with Gasteiger partial charge in [-0.3, -0.25) is 0 Å². The summed E-state index contributed by atoms with van der Waals surface area (Å²) in [6.45, 7) is 13.7. The first-order valence-electron chi connectivity index (χ1n) is 8.69. The third kappa shape index (κ3) is 5.87. The van der Waals surface area contributed by atoms with E-state index in [9.17, 15) is 0 Å². The number of hydrogen-bond donors (Lipinski definition) is 0. The van der Waals surface area contributed by atoms with Crippen LogP contribution in [0.3, 0.4) is 0 Å². The molecule has 1 aliphatic heterocycles. The molecule has 136 valence electrons. The Bertz CT molecular complexity index is 650. The number of para-hydroxylation sites is 1. The fourth-order valence-electron chi connectivity index (χ4n) is 2.60. The zero-order valence-corrected chi connectivity index (χ0v) is 18.1. The standard InChI is InChI=1S/C20H28N2S3/c1-6-7-12-24-19(23)22-13-20(4,5)14-25-18(22)21-17-11-9-8-10-16(17)15(2)3/h6,8-11,15H,1,7,12-14H2,2-5H3. The molecule has 1 heterocycles. The maximum Gasteiger partial charge on any atom is 0.169 e. The van der Waals surface area contributed by atoms with Crippen LogP contribution in [0.1, 0.15) is 45.6 Å². The zero-order valence-electron chi connectivity index (χ0n) is 15.6. The molecule has 0 unspecified atom stereocenters. The molecule has 2 nitrogen and oxygen atoms in total. The molecule has 5 heteroatoms. The number of benzene rings is 1. The van der Waals surface area contributed by atoms with E-state index >= 15 is 0 Å². The molecule has 0 bridgehead atoms. The summed E-state index contributed by atoms with van der Waals surface area (Å²) >= 11 is 9.27. The molecule has 2 rings (SSSR count). The van der Waals surface area contributed by atoms with E-state index in [-0.39, 0.29) is 5.41 Å². The highest BCUT2D eigenvalue weighted by molar-refractivity contribution is 8.23. The molecule has 1 aromatic rings. The van der Waals surface area contributed by atoms with Crippen LogP contribution in [0.25, 0.3) is 0 Å². The molecular weight excluding hydrogens is 364 g/mol. The summed E-state index contributed by atoms with van der Waals surface area (Å²) in [5, 5.41) is 1.03. The molecule has 0 spiro atoms. The van der Waals surface area contributed by atoms with Crippen LogP contribution in [0.5, 0.6) is 0 Å². The van der Waals surface area contributed by atoms with Crippen LogP contribution in [0.4, 0.5) is 5.69 Å². The minimum Gasteiger partial charge on any atom is -0.306 e. The Labute approximate surface area is 166 Å². The molecule has 1 aromatic carbocycles. The number of hydrogen-bond acceptors (Lipinski definition) is 4. The van der Waals surface area contributed by atoms with Gasteiger partial charge in [-0.15, -0.1) is 6.58 Å². The van der Waals surface area contributed by atoms with Crippen molar-refractivity contribution >= 4 is 50.9 Å². The quantitative estimate of drug-likeness (QED) is 0.324. The van der Waals surface area contributed by atoms with Crippen LogP contribution >= 0.6 is 35.7 Å². The van der Waals surface area contributed by atoms with Crippen molar-refractivity contribution in [2.24, 2.45) is 10.4 Å². The van der Waals surface area contributed by atoms with Crippen LogP contribution in [0.15, 0.2) is 41.9 Å². The molecule has 0 N–H and O–H groups in total. The zero-order chi connectivity index (χ0) is 18.4. The number of allylic oxidation sites excluding steroid dienone is 1. The van der Waals surface area contributed by atoms with Gasteiger partial charge in [0.1, 0.15) is 4.32 Å². The number of thiocarbonyl (C=S) groups is 1. The van der Waals surface area contributed by atoms with E-state index in [2.05, 4.69) is 63.4 Å². The average Bonchev–Trinajstić information content (AvgIpc) is 2.56. The van der Waals surface area contributed by atoms with E-state index in [0.29, 0.717) is 5.92 Å². The van der Waals surface area contributed by atoms with Gasteiger partial charge in [0.15, 0.2) is 5.17 Å². The molecule has 0 atom stereocenters. The summed E-state index contributed by atoms with van der Waals surface area (Å²) in [5.41, 5.74) is 2.57. The number of amidine groups is 1. The second-order valence-corrected chi connectivity index (χ2v) is 10.0. The van der Waals surface area contributed by atoms with E-state index in [1.165, 1.54) is 5.56 Å². The van der Waals surface area contributed by atoms with Gasteiger partial charge in [0.25, 0.3) is 0 Å². The molecule has 0 amide bonds. The molecule has 1 aliphatic rings. The summed E-state index contributed by atoms with van der Waals surface area (Å²) in [6, 6.07) is 8.42. The van der Waals surface area contributed by atoms with E-state index < -0.39 is 0 Å². The van der Waals surface area contributed by atoms with Crippen molar-refractivity contribution in [2.75, 3.05) is 18.1 Å².